The molecule has 0 spiro atoms. The molecule has 178 valence electrons. The van der Waals surface area contributed by atoms with Crippen LogP contribution in [0, 0.1) is 5.41 Å². The third kappa shape index (κ3) is 4.52. The van der Waals surface area contributed by atoms with Gasteiger partial charge in [0.15, 0.2) is 11.0 Å². The van der Waals surface area contributed by atoms with E-state index in [1.807, 2.05) is 0 Å². The lowest BCUT2D eigenvalue weighted by Crippen LogP contribution is -2.33. The summed E-state index contributed by atoms with van der Waals surface area (Å²) in [6.45, 7) is 19.2. The van der Waals surface area contributed by atoms with Gasteiger partial charge in [0, 0.05) is 31.4 Å². The molecule has 2 heteroatoms. The highest BCUT2D eigenvalue weighted by Crippen LogP contribution is 2.55. The average molecular weight is 471 g/mol. The minimum absolute atomic E-state index is 0.0254. The van der Waals surface area contributed by atoms with Crippen LogP contribution < -0.4 is 10.6 Å². The predicted molar refractivity (Wildman–Crippen MR) is 151 cm³/mol. The summed E-state index contributed by atoms with van der Waals surface area (Å²) in [7, 11) is -0.682. The Labute approximate surface area is 208 Å². The van der Waals surface area contributed by atoms with Crippen LogP contribution >= 0.6 is 7.92 Å². The van der Waals surface area contributed by atoms with Crippen molar-refractivity contribution < 1.29 is 4.58 Å². The maximum absolute atomic E-state index is 2.80. The minimum atomic E-state index is -0.682. The van der Waals surface area contributed by atoms with Gasteiger partial charge in [0.25, 0.3) is 0 Å². The van der Waals surface area contributed by atoms with Crippen molar-refractivity contribution in [3.8, 4) is 0 Å². The SMILES string of the molecule is CC(C)c1cccc(C(C)C)c1[N+]1=C(P(c2ccccc2)c2ccccc2)C(C)(C)CC1(C)C. The number of rotatable bonds is 6. The molecule has 0 aliphatic carbocycles. The first kappa shape index (κ1) is 24.9. The normalized spacial score (nSPS) is 17.3. The van der Waals surface area contributed by atoms with Crippen LogP contribution in [-0.2, 0) is 0 Å². The first-order valence-electron chi connectivity index (χ1n) is 12.8. The maximum Gasteiger partial charge on any atom is 0.212 e. The van der Waals surface area contributed by atoms with Gasteiger partial charge in [0.2, 0.25) is 5.69 Å². The van der Waals surface area contributed by atoms with Gasteiger partial charge in [-0.15, -0.1) is 0 Å². The van der Waals surface area contributed by atoms with Crippen LogP contribution in [0.2, 0.25) is 0 Å². The fraction of sp³-hybridized carbons (Fsp3) is 0.406. The van der Waals surface area contributed by atoms with Crippen molar-refractivity contribution in [2.24, 2.45) is 5.41 Å². The van der Waals surface area contributed by atoms with E-state index >= 15 is 0 Å². The smallest absolute Gasteiger partial charge is 0.190 e. The Morgan fingerprint density at radius 2 is 1.09 bits per heavy atom. The molecule has 0 bridgehead atoms. The Balaban J connectivity index is 2.16. The van der Waals surface area contributed by atoms with E-state index in [2.05, 4.69) is 139 Å². The summed E-state index contributed by atoms with van der Waals surface area (Å²) in [4.78, 5) is 0. The van der Waals surface area contributed by atoms with Crippen molar-refractivity contribution in [3.05, 3.63) is 90.0 Å². The molecule has 3 aromatic carbocycles. The molecule has 1 nitrogen and oxygen atoms in total. The zero-order chi connectivity index (χ0) is 24.7. The fourth-order valence-corrected chi connectivity index (χ4v) is 8.94. The third-order valence-electron chi connectivity index (χ3n) is 7.10. The van der Waals surface area contributed by atoms with E-state index in [-0.39, 0.29) is 11.0 Å². The number of benzene rings is 3. The summed E-state index contributed by atoms with van der Waals surface area (Å²) in [5.41, 5.74) is 6.07. The molecular formula is C32H41NP+. The monoisotopic (exact) mass is 470 g/mol. The first-order chi connectivity index (χ1) is 16.0. The molecule has 0 saturated heterocycles. The van der Waals surface area contributed by atoms with Gasteiger partial charge in [0.1, 0.15) is 0 Å². The Bertz CT molecular complexity index is 1100. The summed E-state index contributed by atoms with van der Waals surface area (Å²) in [6, 6.07) is 29.4. The van der Waals surface area contributed by atoms with Gasteiger partial charge in [-0.25, -0.2) is 0 Å². The molecule has 1 aliphatic heterocycles. The van der Waals surface area contributed by atoms with Crippen molar-refractivity contribution in [1.29, 1.82) is 0 Å². The molecule has 0 saturated carbocycles. The molecule has 0 aromatic heterocycles. The average Bonchev–Trinajstić information content (AvgIpc) is 2.98. The van der Waals surface area contributed by atoms with Gasteiger partial charge < -0.3 is 0 Å². The number of hydrogen-bond acceptors (Lipinski definition) is 0. The molecule has 3 aromatic rings. The molecule has 34 heavy (non-hydrogen) atoms. The summed E-state index contributed by atoms with van der Waals surface area (Å²) in [6.07, 6.45) is 1.14. The highest BCUT2D eigenvalue weighted by atomic mass is 31.1. The standard InChI is InChI=1S/C32H41NP/c1-23(2)27-20-15-21-28(24(3)4)29(27)33-30(31(5,6)22-32(33,7)8)34(25-16-11-9-12-17-25)26-18-13-10-14-19-26/h9-21,23-24H,22H2,1-8H3/q+1. The highest BCUT2D eigenvalue weighted by Gasteiger charge is 2.56. The maximum atomic E-state index is 2.80. The first-order valence-corrected chi connectivity index (χ1v) is 14.1. The van der Waals surface area contributed by atoms with Crippen molar-refractivity contribution in [3.63, 3.8) is 0 Å². The van der Waals surface area contributed by atoms with Gasteiger partial charge >= 0.3 is 0 Å². The Morgan fingerprint density at radius 3 is 1.50 bits per heavy atom. The summed E-state index contributed by atoms with van der Waals surface area (Å²) >= 11 is 0. The number of para-hydroxylation sites is 1. The highest BCUT2D eigenvalue weighted by molar-refractivity contribution is 7.88. The topological polar surface area (TPSA) is 3.01 Å². The molecule has 0 radical (unpaired) electrons. The van der Waals surface area contributed by atoms with E-state index in [0.717, 1.165) is 6.42 Å². The van der Waals surface area contributed by atoms with Gasteiger partial charge in [-0.1, -0.05) is 107 Å². The third-order valence-corrected chi connectivity index (χ3v) is 9.96. The quantitative estimate of drug-likeness (QED) is 0.252. The van der Waals surface area contributed by atoms with Crippen LogP contribution in [0.25, 0.3) is 0 Å². The second kappa shape index (κ2) is 9.43. The van der Waals surface area contributed by atoms with Gasteiger partial charge in [-0.05, 0) is 36.3 Å². The Hall–Kier alpha value is -2.24. The van der Waals surface area contributed by atoms with E-state index in [1.165, 1.54) is 27.4 Å². The fourth-order valence-electron chi connectivity index (χ4n) is 5.96. The van der Waals surface area contributed by atoms with Gasteiger partial charge in [0.05, 0.1) is 13.3 Å². The zero-order valence-electron chi connectivity index (χ0n) is 22.3. The Morgan fingerprint density at radius 1 is 0.647 bits per heavy atom. The lowest BCUT2D eigenvalue weighted by Gasteiger charge is -2.26. The molecule has 1 aliphatic rings. The summed E-state index contributed by atoms with van der Waals surface area (Å²) in [5, 5.41) is 2.87. The van der Waals surface area contributed by atoms with E-state index in [9.17, 15) is 0 Å². The number of hydrogen-bond donors (Lipinski definition) is 0. The van der Waals surface area contributed by atoms with E-state index in [4.69, 9.17) is 0 Å². The van der Waals surface area contributed by atoms with Crippen LogP contribution in [0.1, 0.15) is 84.8 Å². The van der Waals surface area contributed by atoms with Crippen LogP contribution in [0.4, 0.5) is 5.69 Å². The van der Waals surface area contributed by atoms with Crippen molar-refractivity contribution in [2.75, 3.05) is 0 Å². The Kier molecular flexibility index (Phi) is 6.90. The summed E-state index contributed by atoms with van der Waals surface area (Å²) < 4.78 is 2.80. The zero-order valence-corrected chi connectivity index (χ0v) is 23.2. The summed E-state index contributed by atoms with van der Waals surface area (Å²) in [5.74, 6) is 0.934. The molecule has 0 fully saturated rings. The van der Waals surface area contributed by atoms with Crippen LogP contribution in [-0.4, -0.2) is 15.6 Å². The van der Waals surface area contributed by atoms with Crippen LogP contribution in [0.5, 0.6) is 0 Å². The molecule has 0 atom stereocenters. The van der Waals surface area contributed by atoms with Crippen molar-refractivity contribution in [2.45, 2.75) is 79.2 Å². The second-order valence-electron chi connectivity index (χ2n) is 11.6. The second-order valence-corrected chi connectivity index (χ2v) is 13.8. The van der Waals surface area contributed by atoms with Crippen molar-refractivity contribution >= 4 is 29.7 Å². The molecular weight excluding hydrogens is 429 g/mol. The minimum Gasteiger partial charge on any atom is -0.190 e. The van der Waals surface area contributed by atoms with Crippen LogP contribution in [0.3, 0.4) is 0 Å². The number of nitrogens with zero attached hydrogens (tertiary/aromatic N) is 1. The lowest BCUT2D eigenvalue weighted by molar-refractivity contribution is -0.514. The largest absolute Gasteiger partial charge is 0.212 e. The van der Waals surface area contributed by atoms with E-state index < -0.39 is 7.92 Å². The molecule has 0 unspecified atom stereocenters. The predicted octanol–water partition coefficient (Wildman–Crippen LogP) is 8.32. The van der Waals surface area contributed by atoms with Crippen LogP contribution in [0.15, 0.2) is 78.9 Å². The van der Waals surface area contributed by atoms with Gasteiger partial charge in [-0.3, -0.25) is 0 Å². The van der Waals surface area contributed by atoms with E-state index in [1.54, 1.807) is 5.45 Å². The molecule has 1 heterocycles. The van der Waals surface area contributed by atoms with E-state index in [0.29, 0.717) is 11.8 Å². The molecule has 0 amide bonds. The van der Waals surface area contributed by atoms with Gasteiger partial charge in [-0.2, -0.15) is 4.58 Å². The molecule has 4 rings (SSSR count). The lowest BCUT2D eigenvalue weighted by atomic mass is 9.84. The molecule has 0 N–H and O–H groups in total. The van der Waals surface area contributed by atoms with Crippen molar-refractivity contribution in [1.82, 2.24) is 0 Å².